The predicted molar refractivity (Wildman–Crippen MR) is 53.9 cm³/mol. The largest absolute Gasteiger partial charge is 0.389 e. The van der Waals surface area contributed by atoms with Gasteiger partial charge in [-0.05, 0) is 19.3 Å². The lowest BCUT2D eigenvalue weighted by atomic mass is 9.64. The Balaban J connectivity index is 2.10. The van der Waals surface area contributed by atoms with Crippen molar-refractivity contribution in [2.24, 2.45) is 11.3 Å². The van der Waals surface area contributed by atoms with Gasteiger partial charge in [-0.15, -0.1) is 0 Å². The average molecular weight is 194 g/mol. The summed E-state index contributed by atoms with van der Waals surface area (Å²) in [4.78, 5) is 0. The summed E-state index contributed by atoms with van der Waals surface area (Å²) in [6, 6.07) is 0. The SMILES string of the molecule is C[C@H]1[C@H]2C=C[C@H](O2)[C@]2(C)CCC[C@]12O. The van der Waals surface area contributed by atoms with E-state index in [1.807, 2.05) is 0 Å². The number of hydrogen-bond acceptors (Lipinski definition) is 2. The average Bonchev–Trinajstić information content (AvgIpc) is 2.71. The molecule has 1 saturated heterocycles. The molecule has 0 unspecified atom stereocenters. The number of aliphatic hydroxyl groups is 1. The highest BCUT2D eigenvalue weighted by atomic mass is 16.5. The van der Waals surface area contributed by atoms with Gasteiger partial charge in [-0.25, -0.2) is 0 Å². The quantitative estimate of drug-likeness (QED) is 0.597. The van der Waals surface area contributed by atoms with Gasteiger partial charge in [0.2, 0.25) is 0 Å². The van der Waals surface area contributed by atoms with E-state index in [2.05, 4.69) is 26.0 Å². The standard InChI is InChI=1S/C12H18O2/c1-8-9-4-5-10(14-9)11(2)6-3-7-12(8,11)13/h4-5,8-10,13H,3,6-7H2,1-2H3/t8-,9+,10-,11-,12-/m0/s1. The lowest BCUT2D eigenvalue weighted by Gasteiger charge is -2.51. The van der Waals surface area contributed by atoms with Crippen LogP contribution >= 0.6 is 0 Å². The molecular formula is C12H18O2. The van der Waals surface area contributed by atoms with Crippen molar-refractivity contribution in [3.63, 3.8) is 0 Å². The molecule has 3 rings (SSSR count). The topological polar surface area (TPSA) is 29.5 Å². The van der Waals surface area contributed by atoms with E-state index in [9.17, 15) is 5.11 Å². The molecule has 1 aliphatic carbocycles. The van der Waals surface area contributed by atoms with Crippen LogP contribution in [0.5, 0.6) is 0 Å². The second-order valence-electron chi connectivity index (χ2n) is 5.39. The van der Waals surface area contributed by atoms with Gasteiger partial charge >= 0.3 is 0 Å². The van der Waals surface area contributed by atoms with Gasteiger partial charge in [-0.3, -0.25) is 0 Å². The summed E-state index contributed by atoms with van der Waals surface area (Å²) in [6.07, 6.45) is 7.77. The summed E-state index contributed by atoms with van der Waals surface area (Å²) in [5.41, 5.74) is -0.542. The van der Waals surface area contributed by atoms with Crippen LogP contribution in [-0.4, -0.2) is 22.9 Å². The lowest BCUT2D eigenvalue weighted by Crippen LogP contribution is -2.59. The van der Waals surface area contributed by atoms with E-state index in [1.165, 1.54) is 0 Å². The molecule has 0 aromatic rings. The Kier molecular flexibility index (Phi) is 1.54. The maximum Gasteiger partial charge on any atom is 0.0846 e. The van der Waals surface area contributed by atoms with E-state index < -0.39 is 5.60 Å². The van der Waals surface area contributed by atoms with Crippen LogP contribution in [0.3, 0.4) is 0 Å². The molecule has 5 atom stereocenters. The Morgan fingerprint density at radius 3 is 2.93 bits per heavy atom. The molecule has 2 bridgehead atoms. The van der Waals surface area contributed by atoms with Crippen LogP contribution in [0.25, 0.3) is 0 Å². The fourth-order valence-electron chi connectivity index (χ4n) is 3.75. The smallest absolute Gasteiger partial charge is 0.0846 e. The first-order valence-corrected chi connectivity index (χ1v) is 5.64. The fourth-order valence-corrected chi connectivity index (χ4v) is 3.75. The van der Waals surface area contributed by atoms with E-state index in [0.717, 1.165) is 19.3 Å². The molecule has 0 spiro atoms. The van der Waals surface area contributed by atoms with Crippen LogP contribution in [0.15, 0.2) is 12.2 Å². The highest BCUT2D eigenvalue weighted by Gasteiger charge is 2.63. The fraction of sp³-hybridized carbons (Fsp3) is 0.833. The molecule has 2 aliphatic heterocycles. The molecule has 2 heterocycles. The zero-order valence-electron chi connectivity index (χ0n) is 8.86. The molecular weight excluding hydrogens is 176 g/mol. The molecule has 0 radical (unpaired) electrons. The molecule has 1 saturated carbocycles. The van der Waals surface area contributed by atoms with E-state index in [-0.39, 0.29) is 23.5 Å². The molecule has 0 amide bonds. The Morgan fingerprint density at radius 1 is 1.36 bits per heavy atom. The van der Waals surface area contributed by atoms with Crippen LogP contribution in [0.2, 0.25) is 0 Å². The Hall–Kier alpha value is -0.340. The molecule has 2 heteroatoms. The number of rotatable bonds is 0. The summed E-state index contributed by atoms with van der Waals surface area (Å²) < 4.78 is 5.92. The number of hydrogen-bond donors (Lipinski definition) is 1. The van der Waals surface area contributed by atoms with Gasteiger partial charge in [-0.2, -0.15) is 0 Å². The molecule has 3 aliphatic rings. The molecule has 0 aromatic carbocycles. The van der Waals surface area contributed by atoms with Crippen LogP contribution in [-0.2, 0) is 4.74 Å². The van der Waals surface area contributed by atoms with Gasteiger partial charge in [0.25, 0.3) is 0 Å². The Morgan fingerprint density at radius 2 is 2.14 bits per heavy atom. The van der Waals surface area contributed by atoms with E-state index in [1.54, 1.807) is 0 Å². The van der Waals surface area contributed by atoms with Crippen molar-refractivity contribution in [1.29, 1.82) is 0 Å². The maximum absolute atomic E-state index is 10.8. The summed E-state index contributed by atoms with van der Waals surface area (Å²) >= 11 is 0. The van der Waals surface area contributed by atoms with Crippen LogP contribution in [0.4, 0.5) is 0 Å². The van der Waals surface area contributed by atoms with Gasteiger partial charge in [0, 0.05) is 11.3 Å². The van der Waals surface area contributed by atoms with Crippen molar-refractivity contribution >= 4 is 0 Å². The summed E-state index contributed by atoms with van der Waals surface area (Å²) in [7, 11) is 0. The van der Waals surface area contributed by atoms with Crippen LogP contribution in [0.1, 0.15) is 33.1 Å². The summed E-state index contributed by atoms with van der Waals surface area (Å²) in [5, 5.41) is 10.8. The maximum atomic E-state index is 10.8. The monoisotopic (exact) mass is 194 g/mol. The summed E-state index contributed by atoms with van der Waals surface area (Å²) in [5.74, 6) is 0.241. The highest BCUT2D eigenvalue weighted by Crippen LogP contribution is 2.59. The first kappa shape index (κ1) is 8.93. The first-order chi connectivity index (χ1) is 6.58. The van der Waals surface area contributed by atoms with Crippen LogP contribution < -0.4 is 0 Å². The van der Waals surface area contributed by atoms with Crippen molar-refractivity contribution < 1.29 is 9.84 Å². The minimum atomic E-state index is -0.496. The van der Waals surface area contributed by atoms with Crippen molar-refractivity contribution in [2.75, 3.05) is 0 Å². The van der Waals surface area contributed by atoms with Crippen molar-refractivity contribution in [2.45, 2.75) is 50.9 Å². The minimum Gasteiger partial charge on any atom is -0.389 e. The van der Waals surface area contributed by atoms with Gasteiger partial charge in [-0.1, -0.05) is 26.0 Å². The van der Waals surface area contributed by atoms with Gasteiger partial charge in [0.1, 0.15) is 0 Å². The third-order valence-corrected chi connectivity index (χ3v) is 4.90. The second kappa shape index (κ2) is 2.42. The third-order valence-electron chi connectivity index (χ3n) is 4.90. The molecule has 1 N–H and O–H groups in total. The number of ether oxygens (including phenoxy) is 1. The normalized spacial score (nSPS) is 60.4. The van der Waals surface area contributed by atoms with Gasteiger partial charge in [0.15, 0.2) is 0 Å². The molecule has 78 valence electrons. The third kappa shape index (κ3) is 0.763. The second-order valence-corrected chi connectivity index (χ2v) is 5.39. The van der Waals surface area contributed by atoms with E-state index in [0.29, 0.717) is 0 Å². The molecule has 14 heavy (non-hydrogen) atoms. The number of fused-ring (bicyclic) bond motifs is 4. The zero-order chi connectivity index (χ0) is 9.97. The predicted octanol–water partition coefficient (Wildman–Crippen LogP) is 1.88. The van der Waals surface area contributed by atoms with E-state index in [4.69, 9.17) is 4.74 Å². The minimum absolute atomic E-state index is 0.0457. The van der Waals surface area contributed by atoms with Gasteiger partial charge in [0.05, 0.1) is 17.8 Å². The van der Waals surface area contributed by atoms with Crippen LogP contribution in [0, 0.1) is 11.3 Å². The van der Waals surface area contributed by atoms with Crippen molar-refractivity contribution in [1.82, 2.24) is 0 Å². The Labute approximate surface area is 85.0 Å². The van der Waals surface area contributed by atoms with Gasteiger partial charge < -0.3 is 9.84 Å². The first-order valence-electron chi connectivity index (χ1n) is 5.64. The molecule has 2 fully saturated rings. The van der Waals surface area contributed by atoms with Crippen molar-refractivity contribution in [3.8, 4) is 0 Å². The Bertz CT molecular complexity index is 299. The lowest BCUT2D eigenvalue weighted by molar-refractivity contribution is -0.215. The molecule has 2 nitrogen and oxygen atoms in total. The van der Waals surface area contributed by atoms with Crippen molar-refractivity contribution in [3.05, 3.63) is 12.2 Å². The zero-order valence-corrected chi connectivity index (χ0v) is 8.86. The molecule has 0 aromatic heterocycles. The van der Waals surface area contributed by atoms with E-state index >= 15 is 0 Å². The highest BCUT2D eigenvalue weighted by molar-refractivity contribution is 5.23. The summed E-state index contributed by atoms with van der Waals surface area (Å²) in [6.45, 7) is 4.31.